The van der Waals surface area contributed by atoms with Crippen molar-refractivity contribution in [2.24, 2.45) is 5.92 Å². The Balaban J connectivity index is 1.50. The molecule has 8 heteroatoms. The number of aromatic nitrogens is 2. The van der Waals surface area contributed by atoms with Gasteiger partial charge in [0.15, 0.2) is 5.69 Å². The van der Waals surface area contributed by atoms with Crippen LogP contribution in [0.25, 0.3) is 0 Å². The van der Waals surface area contributed by atoms with E-state index >= 15 is 0 Å². The number of methoxy groups -OCH3 is 1. The fraction of sp³-hybridized carbons (Fsp3) is 0.345. The first-order valence-corrected chi connectivity index (χ1v) is 12.6. The van der Waals surface area contributed by atoms with Gasteiger partial charge >= 0.3 is 5.97 Å². The van der Waals surface area contributed by atoms with Gasteiger partial charge in [0, 0.05) is 18.7 Å². The van der Waals surface area contributed by atoms with E-state index in [-0.39, 0.29) is 29.9 Å². The van der Waals surface area contributed by atoms with Crippen molar-refractivity contribution >= 4 is 17.8 Å². The molecule has 2 amide bonds. The zero-order valence-electron chi connectivity index (χ0n) is 21.0. The van der Waals surface area contributed by atoms with Gasteiger partial charge in [-0.05, 0) is 36.3 Å². The van der Waals surface area contributed by atoms with Crippen LogP contribution in [0.3, 0.4) is 0 Å². The highest BCUT2D eigenvalue weighted by Crippen LogP contribution is 2.32. The molecule has 2 aromatic carbocycles. The van der Waals surface area contributed by atoms with E-state index in [2.05, 4.69) is 32.2 Å². The Labute approximate surface area is 217 Å². The molecule has 0 radical (unpaired) electrons. The molecular weight excluding hydrogens is 468 g/mol. The molecule has 0 spiro atoms. The average Bonchev–Trinajstić information content (AvgIpc) is 2.95. The topological polar surface area (TPSA) is 101 Å². The van der Waals surface area contributed by atoms with Gasteiger partial charge < -0.3 is 15.0 Å². The van der Waals surface area contributed by atoms with Crippen LogP contribution in [0.5, 0.6) is 0 Å². The third-order valence-electron chi connectivity index (χ3n) is 6.82. The molecule has 4 rings (SSSR count). The molecule has 3 aromatic rings. The molecule has 1 aliphatic rings. The number of nitrogens with one attached hydrogen (secondary N) is 1. The van der Waals surface area contributed by atoms with Crippen LogP contribution in [0.2, 0.25) is 0 Å². The summed E-state index contributed by atoms with van der Waals surface area (Å²) in [5.41, 5.74) is 2.29. The molecule has 0 bridgehead atoms. The number of rotatable bonds is 9. The van der Waals surface area contributed by atoms with Crippen molar-refractivity contribution in [3.63, 3.8) is 0 Å². The third kappa shape index (κ3) is 7.00. The van der Waals surface area contributed by atoms with Crippen molar-refractivity contribution in [1.29, 1.82) is 0 Å². The van der Waals surface area contributed by atoms with Crippen LogP contribution in [-0.4, -0.2) is 52.3 Å². The number of carbonyl (C=O) groups is 3. The molecule has 192 valence electrons. The zero-order chi connectivity index (χ0) is 26.0. The van der Waals surface area contributed by atoms with Gasteiger partial charge in [-0.25, -0.2) is 14.8 Å². The molecule has 8 nitrogen and oxygen atoms in total. The van der Waals surface area contributed by atoms with Gasteiger partial charge in [0.05, 0.1) is 13.7 Å². The monoisotopic (exact) mass is 500 g/mol. The summed E-state index contributed by atoms with van der Waals surface area (Å²) in [5.74, 6) is -1.03. The lowest BCUT2D eigenvalue weighted by atomic mass is 9.79. The summed E-state index contributed by atoms with van der Waals surface area (Å²) in [6, 6.07) is 21.6. The van der Waals surface area contributed by atoms with Crippen molar-refractivity contribution in [2.45, 2.75) is 44.7 Å². The minimum absolute atomic E-state index is 0.00238. The number of hydrogen-bond donors (Lipinski definition) is 1. The van der Waals surface area contributed by atoms with E-state index in [4.69, 9.17) is 0 Å². The first-order valence-electron chi connectivity index (χ1n) is 12.6. The molecule has 37 heavy (non-hydrogen) atoms. The van der Waals surface area contributed by atoms with Crippen LogP contribution in [0, 0.1) is 5.92 Å². The molecule has 1 aromatic heterocycles. The maximum Gasteiger partial charge on any atom is 0.356 e. The normalized spacial score (nSPS) is 17.0. The number of benzene rings is 2. The maximum absolute atomic E-state index is 13.6. The summed E-state index contributed by atoms with van der Waals surface area (Å²) >= 11 is 0. The van der Waals surface area contributed by atoms with Crippen LogP contribution in [0.4, 0.5) is 0 Å². The SMILES string of the molecule is COC(=O)c1cc(C(=O)NCC(=O)N(Cc2ccccc2)[C@@H]2CCCC[C@H]2Cc2ccccc2)ncn1. The van der Waals surface area contributed by atoms with Crippen molar-refractivity contribution in [2.75, 3.05) is 13.7 Å². The van der Waals surface area contributed by atoms with E-state index < -0.39 is 11.9 Å². The van der Waals surface area contributed by atoms with Crippen LogP contribution in [0.15, 0.2) is 73.1 Å². The molecule has 1 aliphatic carbocycles. The first-order chi connectivity index (χ1) is 18.0. The van der Waals surface area contributed by atoms with E-state index in [1.165, 1.54) is 18.7 Å². The summed E-state index contributed by atoms with van der Waals surface area (Å²) in [7, 11) is 1.24. The maximum atomic E-state index is 13.6. The Morgan fingerprint density at radius 2 is 1.57 bits per heavy atom. The number of amides is 2. The number of ether oxygens (including phenoxy) is 1. The third-order valence-corrected chi connectivity index (χ3v) is 6.82. The zero-order valence-corrected chi connectivity index (χ0v) is 21.0. The standard InChI is InChI=1S/C29H32N4O4/c1-37-29(36)25-17-24(31-20-32-25)28(35)30-18-27(34)33(19-22-12-6-3-7-13-22)26-15-9-8-14-23(26)16-21-10-4-2-5-11-21/h2-7,10-13,17,20,23,26H,8-9,14-16,18-19H2,1H3,(H,30,35)/t23-,26+/m0/s1. The van der Waals surface area contributed by atoms with Crippen molar-refractivity contribution in [3.05, 3.63) is 95.6 Å². The van der Waals surface area contributed by atoms with E-state index in [9.17, 15) is 14.4 Å². The van der Waals surface area contributed by atoms with Crippen LogP contribution >= 0.6 is 0 Å². The van der Waals surface area contributed by atoms with E-state index in [1.54, 1.807) is 0 Å². The summed E-state index contributed by atoms with van der Waals surface area (Å²) < 4.78 is 4.66. The first kappa shape index (κ1) is 26.0. The van der Waals surface area contributed by atoms with Crippen LogP contribution in [-0.2, 0) is 22.5 Å². The molecule has 1 fully saturated rings. The minimum atomic E-state index is -0.664. The fourth-order valence-corrected chi connectivity index (χ4v) is 4.97. The van der Waals surface area contributed by atoms with Gasteiger partial charge in [-0.15, -0.1) is 0 Å². The summed E-state index contributed by atoms with van der Waals surface area (Å²) in [5, 5.41) is 2.68. The van der Waals surface area contributed by atoms with Crippen molar-refractivity contribution in [3.8, 4) is 0 Å². The molecule has 0 aliphatic heterocycles. The highest BCUT2D eigenvalue weighted by atomic mass is 16.5. The van der Waals surface area contributed by atoms with E-state index in [1.807, 2.05) is 53.4 Å². The average molecular weight is 501 g/mol. The van der Waals surface area contributed by atoms with Gasteiger partial charge in [0.2, 0.25) is 5.91 Å². The fourth-order valence-electron chi connectivity index (χ4n) is 4.97. The number of esters is 1. The second-order valence-corrected chi connectivity index (χ2v) is 9.27. The number of hydrogen-bond acceptors (Lipinski definition) is 6. The lowest BCUT2D eigenvalue weighted by molar-refractivity contribution is -0.135. The van der Waals surface area contributed by atoms with E-state index in [0.29, 0.717) is 12.5 Å². The van der Waals surface area contributed by atoms with Gasteiger partial charge in [-0.1, -0.05) is 73.5 Å². The summed E-state index contributed by atoms with van der Waals surface area (Å²) in [6.45, 7) is 0.309. The molecule has 1 heterocycles. The number of carbonyl (C=O) groups excluding carboxylic acids is 3. The highest BCUT2D eigenvalue weighted by Gasteiger charge is 2.33. The summed E-state index contributed by atoms with van der Waals surface area (Å²) in [4.78, 5) is 47.8. The smallest absolute Gasteiger partial charge is 0.356 e. The molecule has 0 unspecified atom stereocenters. The summed E-state index contributed by atoms with van der Waals surface area (Å²) in [6.07, 6.45) is 6.24. The van der Waals surface area contributed by atoms with Gasteiger partial charge in [-0.3, -0.25) is 9.59 Å². The van der Waals surface area contributed by atoms with E-state index in [0.717, 1.165) is 44.0 Å². The van der Waals surface area contributed by atoms with Gasteiger partial charge in [-0.2, -0.15) is 0 Å². The quantitative estimate of drug-likeness (QED) is 0.448. The Hall–Kier alpha value is -4.07. The largest absolute Gasteiger partial charge is 0.464 e. The predicted octanol–water partition coefficient (Wildman–Crippen LogP) is 3.82. The minimum Gasteiger partial charge on any atom is -0.464 e. The Bertz CT molecular complexity index is 1200. The Morgan fingerprint density at radius 3 is 2.27 bits per heavy atom. The Morgan fingerprint density at radius 1 is 0.919 bits per heavy atom. The van der Waals surface area contributed by atoms with Crippen molar-refractivity contribution in [1.82, 2.24) is 20.2 Å². The van der Waals surface area contributed by atoms with Crippen LogP contribution in [0.1, 0.15) is 57.8 Å². The van der Waals surface area contributed by atoms with Crippen LogP contribution < -0.4 is 5.32 Å². The van der Waals surface area contributed by atoms with Gasteiger partial charge in [0.25, 0.3) is 5.91 Å². The highest BCUT2D eigenvalue weighted by molar-refractivity contribution is 5.97. The molecule has 1 saturated carbocycles. The second kappa shape index (κ2) is 12.8. The molecule has 2 atom stereocenters. The molecular formula is C29H32N4O4. The van der Waals surface area contributed by atoms with Gasteiger partial charge in [0.1, 0.15) is 12.0 Å². The lowest BCUT2D eigenvalue weighted by Crippen LogP contribution is -2.49. The van der Waals surface area contributed by atoms with Crippen molar-refractivity contribution < 1.29 is 19.1 Å². The Kier molecular flexibility index (Phi) is 8.97. The lowest BCUT2D eigenvalue weighted by Gasteiger charge is -2.40. The number of nitrogens with zero attached hydrogens (tertiary/aromatic N) is 3. The molecule has 0 saturated heterocycles. The predicted molar refractivity (Wildman–Crippen MR) is 139 cm³/mol. The molecule has 1 N–H and O–H groups in total. The second-order valence-electron chi connectivity index (χ2n) is 9.27.